The Kier molecular flexibility index (Phi) is 9.27. The zero-order valence-corrected chi connectivity index (χ0v) is 24.5. The number of allylic oxidation sites excluding steroid dienone is 15. The number of aromatic nitrogens is 1. The second kappa shape index (κ2) is 12.7. The Bertz CT molecular complexity index is 1840. The first-order chi connectivity index (χ1) is 20.1. The maximum atomic E-state index is 13.2. The van der Waals surface area contributed by atoms with Gasteiger partial charge in [0.25, 0.3) is 0 Å². The van der Waals surface area contributed by atoms with Crippen LogP contribution in [0.1, 0.15) is 44.7 Å². The number of nitrogens with zero attached hydrogens (tertiary/aromatic N) is 1. The van der Waals surface area contributed by atoms with Gasteiger partial charge in [0, 0.05) is 16.5 Å². The number of halogens is 3. The van der Waals surface area contributed by atoms with Crippen LogP contribution >= 0.6 is 0 Å². The topological polar surface area (TPSA) is 48.3 Å². The van der Waals surface area contributed by atoms with Crippen molar-refractivity contribution in [1.29, 1.82) is 0 Å². The first kappa shape index (κ1) is 30.7. The van der Waals surface area contributed by atoms with Crippen LogP contribution in [0.5, 0.6) is 5.75 Å². The molecule has 0 bridgehead atoms. The molecule has 42 heavy (non-hydrogen) atoms. The number of hydrogen-bond donors (Lipinski definition) is 0. The molecule has 0 saturated carbocycles. The summed E-state index contributed by atoms with van der Waals surface area (Å²) in [6.07, 6.45) is 25.0. The lowest BCUT2D eigenvalue weighted by molar-refractivity contribution is -0.0500. The maximum Gasteiger partial charge on any atom is 0.534 e. The monoisotopic (exact) mass is 591 g/mol. The van der Waals surface area contributed by atoms with Crippen LogP contribution in [0.3, 0.4) is 0 Å². The van der Waals surface area contributed by atoms with Crippen LogP contribution in [0.4, 0.5) is 13.2 Å². The van der Waals surface area contributed by atoms with Crippen molar-refractivity contribution in [3.63, 3.8) is 0 Å². The highest BCUT2D eigenvalue weighted by Crippen LogP contribution is 2.41. The average Bonchev–Trinajstić information content (AvgIpc) is 3.06. The molecule has 0 aliphatic heterocycles. The van der Waals surface area contributed by atoms with Gasteiger partial charge in [-0.3, -0.25) is 0 Å². The summed E-state index contributed by atoms with van der Waals surface area (Å²) in [4.78, 5) is 0. The van der Waals surface area contributed by atoms with Crippen LogP contribution in [0.15, 0.2) is 110 Å². The van der Waals surface area contributed by atoms with Gasteiger partial charge in [-0.05, 0) is 91.4 Å². The fourth-order valence-electron chi connectivity index (χ4n) is 4.96. The Balaban J connectivity index is 2.21. The highest BCUT2D eigenvalue weighted by atomic mass is 32.2. The molecule has 0 amide bonds. The minimum atomic E-state index is -5.85. The van der Waals surface area contributed by atoms with Gasteiger partial charge < -0.3 is 8.75 Å². The largest absolute Gasteiger partial charge is 0.534 e. The summed E-state index contributed by atoms with van der Waals surface area (Å²) < 4.78 is 69.9. The first-order valence-corrected chi connectivity index (χ1v) is 14.9. The third-order valence-corrected chi connectivity index (χ3v) is 7.59. The normalized spacial score (nSPS) is 15.2. The molecule has 0 radical (unpaired) electrons. The Morgan fingerprint density at radius 1 is 1.05 bits per heavy atom. The summed E-state index contributed by atoms with van der Waals surface area (Å²) in [7, 11) is -5.85. The molecule has 1 aromatic heterocycles. The lowest BCUT2D eigenvalue weighted by Gasteiger charge is -2.13. The van der Waals surface area contributed by atoms with E-state index in [-0.39, 0.29) is 0 Å². The molecule has 0 fully saturated rings. The molecule has 0 spiro atoms. The van der Waals surface area contributed by atoms with Crippen LogP contribution < -0.4 is 4.18 Å². The van der Waals surface area contributed by atoms with Crippen LogP contribution in [-0.4, -0.2) is 18.5 Å². The second-order valence-electron chi connectivity index (χ2n) is 9.50. The Labute approximate surface area is 244 Å². The molecule has 8 heteroatoms. The van der Waals surface area contributed by atoms with E-state index in [9.17, 15) is 21.6 Å². The molecule has 0 unspecified atom stereocenters. The van der Waals surface area contributed by atoms with Crippen molar-refractivity contribution in [3.05, 3.63) is 121 Å². The first-order valence-electron chi connectivity index (χ1n) is 13.5. The third-order valence-electron chi connectivity index (χ3n) is 6.61. The van der Waals surface area contributed by atoms with E-state index in [2.05, 4.69) is 16.8 Å². The minimum Gasteiger partial charge on any atom is -0.376 e. The second-order valence-corrected chi connectivity index (χ2v) is 11.0. The molecule has 1 aliphatic rings. The Hall–Kier alpha value is -4.30. The van der Waals surface area contributed by atoms with Crippen LogP contribution in [0, 0.1) is 0 Å². The highest BCUT2D eigenvalue weighted by molar-refractivity contribution is 7.88. The van der Waals surface area contributed by atoms with Crippen molar-refractivity contribution in [3.8, 4) is 5.75 Å². The molecular formula is C34H32F3NO3S. The van der Waals surface area contributed by atoms with E-state index in [0.29, 0.717) is 10.9 Å². The molecule has 1 aliphatic carbocycles. The molecule has 2 aromatic carbocycles. The van der Waals surface area contributed by atoms with E-state index in [4.69, 9.17) is 0 Å². The van der Waals surface area contributed by atoms with E-state index in [1.165, 1.54) is 12.1 Å². The summed E-state index contributed by atoms with van der Waals surface area (Å²) >= 11 is 0. The van der Waals surface area contributed by atoms with Gasteiger partial charge in [0.1, 0.15) is 5.75 Å². The standard InChI is InChI=1S/C34H32F3NO3S/c1-5-13-24(14-6-2)26-21-29(25(15-7-3)16-8-4)33-30-23-28(41-42(39,40)34(35,36)37)19-20-31(30)38(32(33)22-26)27-17-11-9-10-12-18-27/h5-7,9,11-23H,1,8,10H2,2-4H3/b14-6-,15-7-,24-13+,25-16+. The van der Waals surface area contributed by atoms with Gasteiger partial charge in [-0.15, -0.1) is 0 Å². The predicted molar refractivity (Wildman–Crippen MR) is 168 cm³/mol. The maximum absolute atomic E-state index is 13.2. The van der Waals surface area contributed by atoms with E-state index < -0.39 is 21.4 Å². The van der Waals surface area contributed by atoms with E-state index in [0.717, 1.165) is 51.7 Å². The van der Waals surface area contributed by atoms with Crippen molar-refractivity contribution in [1.82, 2.24) is 4.57 Å². The quantitative estimate of drug-likeness (QED) is 0.141. The number of fused-ring (bicyclic) bond motifs is 3. The van der Waals surface area contributed by atoms with Gasteiger partial charge in [-0.25, -0.2) is 0 Å². The van der Waals surface area contributed by atoms with Crippen LogP contribution in [-0.2, 0) is 10.1 Å². The Morgan fingerprint density at radius 2 is 1.79 bits per heavy atom. The predicted octanol–water partition coefficient (Wildman–Crippen LogP) is 9.89. The zero-order valence-electron chi connectivity index (χ0n) is 23.7. The summed E-state index contributed by atoms with van der Waals surface area (Å²) in [5.74, 6) is -0.424. The molecule has 1 heterocycles. The molecular weight excluding hydrogens is 559 g/mol. The smallest absolute Gasteiger partial charge is 0.376 e. The summed E-state index contributed by atoms with van der Waals surface area (Å²) in [6, 6.07) is 8.28. The van der Waals surface area contributed by atoms with Gasteiger partial charge in [0.2, 0.25) is 0 Å². The van der Waals surface area contributed by atoms with Gasteiger partial charge in [-0.1, -0.05) is 74.3 Å². The third kappa shape index (κ3) is 6.14. The molecule has 0 atom stereocenters. The number of hydrogen-bond acceptors (Lipinski definition) is 3. The molecule has 218 valence electrons. The van der Waals surface area contributed by atoms with Crippen molar-refractivity contribution < 1.29 is 25.8 Å². The van der Waals surface area contributed by atoms with E-state index >= 15 is 0 Å². The highest BCUT2D eigenvalue weighted by Gasteiger charge is 2.48. The summed E-state index contributed by atoms with van der Waals surface area (Å²) in [5.41, 5.74) is 0.371. The molecule has 3 aromatic rings. The fraction of sp³-hybridized carbons (Fsp3) is 0.176. The van der Waals surface area contributed by atoms with Crippen LogP contribution in [0.25, 0.3) is 38.6 Å². The average molecular weight is 592 g/mol. The molecule has 4 rings (SSSR count). The molecule has 0 N–H and O–H groups in total. The van der Waals surface area contributed by atoms with Gasteiger partial charge in [0.05, 0.1) is 11.0 Å². The molecule has 4 nitrogen and oxygen atoms in total. The number of rotatable bonds is 9. The summed E-state index contributed by atoms with van der Waals surface area (Å²) in [5, 5.41) is 1.30. The SMILES string of the molecule is C=C/C=C(\C=C/C)c1cc(C(/C=C\C)=C/CC)c2c3cc(OS(=O)(=O)C(F)(F)F)ccc3n(C3=CC=CCC=C3)c2c1. The van der Waals surface area contributed by atoms with Crippen molar-refractivity contribution in [2.24, 2.45) is 0 Å². The number of alkyl halides is 3. The van der Waals surface area contributed by atoms with Crippen molar-refractivity contribution >= 4 is 48.8 Å². The lowest BCUT2D eigenvalue weighted by Crippen LogP contribution is -2.28. The van der Waals surface area contributed by atoms with Gasteiger partial charge >= 0.3 is 15.6 Å². The van der Waals surface area contributed by atoms with E-state index in [1.807, 2.05) is 98.2 Å². The zero-order chi connectivity index (χ0) is 30.5. The Morgan fingerprint density at radius 3 is 2.45 bits per heavy atom. The van der Waals surface area contributed by atoms with Gasteiger partial charge in [-0.2, -0.15) is 21.6 Å². The fourth-order valence-corrected chi connectivity index (χ4v) is 5.42. The minimum absolute atomic E-state index is 0.424. The van der Waals surface area contributed by atoms with Gasteiger partial charge in [0.15, 0.2) is 0 Å². The lowest BCUT2D eigenvalue weighted by atomic mass is 9.93. The number of benzene rings is 2. The summed E-state index contributed by atoms with van der Waals surface area (Å²) in [6.45, 7) is 9.74. The van der Waals surface area contributed by atoms with Crippen molar-refractivity contribution in [2.45, 2.75) is 39.1 Å². The van der Waals surface area contributed by atoms with Crippen LogP contribution in [0.2, 0.25) is 0 Å². The molecule has 0 saturated heterocycles. The van der Waals surface area contributed by atoms with Crippen molar-refractivity contribution in [2.75, 3.05) is 0 Å². The van der Waals surface area contributed by atoms with E-state index in [1.54, 1.807) is 12.1 Å².